The van der Waals surface area contributed by atoms with E-state index < -0.39 is 13.9 Å². The van der Waals surface area contributed by atoms with Crippen molar-refractivity contribution in [3.8, 4) is 0 Å². The normalized spacial score (nSPS) is 14.6. The minimum Gasteiger partial charge on any atom is -0.379 e. The number of quaternary nitrogens is 1. The quantitative estimate of drug-likeness (QED) is 0.0321. The standard InChI is InChI=1S/C28H60NO7P/c1-5-6-7-8-9-10-11-12-13-14-15-16-17-18-19-20-21-22-24-33-26-28(36-30)27-35-37(31,32)34-25-23-29(2,3)4/h28H,5-27H2,1-4H3,(H-,30,31,32)/p+1. The number of phosphoric ester groups is 1. The van der Waals surface area contributed by atoms with Crippen molar-refractivity contribution >= 4 is 7.82 Å². The molecule has 2 atom stereocenters. The second-order valence-corrected chi connectivity index (χ2v) is 12.9. The first-order valence-electron chi connectivity index (χ1n) is 15.0. The SMILES string of the molecule is CCCCCCCCCCCCCCCCCCCCOCC(COP(=O)(O)OCC[N+](C)(C)C)OO. The Bertz CT molecular complexity index is 531. The van der Waals surface area contributed by atoms with Crippen molar-refractivity contribution in [2.24, 2.45) is 0 Å². The molecule has 0 aliphatic heterocycles. The van der Waals surface area contributed by atoms with E-state index in [-0.39, 0.29) is 19.8 Å². The van der Waals surface area contributed by atoms with Gasteiger partial charge in [-0.25, -0.2) is 9.45 Å². The molecule has 224 valence electrons. The summed E-state index contributed by atoms with van der Waals surface area (Å²) in [6.07, 6.45) is 23.2. The summed E-state index contributed by atoms with van der Waals surface area (Å²) < 4.78 is 27.9. The highest BCUT2D eigenvalue weighted by Crippen LogP contribution is 2.43. The first kappa shape index (κ1) is 37.0. The zero-order valence-electron chi connectivity index (χ0n) is 24.7. The molecule has 0 radical (unpaired) electrons. The van der Waals surface area contributed by atoms with Crippen LogP contribution in [-0.2, 0) is 23.2 Å². The topological polar surface area (TPSA) is 94.5 Å². The Hall–Kier alpha value is -0.0500. The average Bonchev–Trinajstić information content (AvgIpc) is 2.83. The van der Waals surface area contributed by atoms with E-state index in [1.807, 2.05) is 21.1 Å². The predicted molar refractivity (Wildman–Crippen MR) is 152 cm³/mol. The lowest BCUT2D eigenvalue weighted by atomic mass is 10.0. The molecule has 0 saturated carbocycles. The van der Waals surface area contributed by atoms with Gasteiger partial charge in [0.2, 0.25) is 0 Å². The third-order valence-electron chi connectivity index (χ3n) is 6.54. The molecule has 0 rings (SSSR count). The molecule has 0 aliphatic rings. The van der Waals surface area contributed by atoms with E-state index in [4.69, 9.17) is 19.0 Å². The van der Waals surface area contributed by atoms with Gasteiger partial charge in [-0.05, 0) is 6.42 Å². The molecule has 0 fully saturated rings. The summed E-state index contributed by atoms with van der Waals surface area (Å²) in [4.78, 5) is 14.0. The second kappa shape index (κ2) is 25.0. The molecule has 0 aliphatic carbocycles. The first-order valence-corrected chi connectivity index (χ1v) is 16.5. The van der Waals surface area contributed by atoms with Gasteiger partial charge in [0.05, 0.1) is 34.4 Å². The van der Waals surface area contributed by atoms with Crippen LogP contribution in [0.15, 0.2) is 0 Å². The predicted octanol–water partition coefficient (Wildman–Crippen LogP) is 7.74. The molecule has 0 heterocycles. The zero-order valence-corrected chi connectivity index (χ0v) is 25.6. The third-order valence-corrected chi connectivity index (χ3v) is 7.52. The van der Waals surface area contributed by atoms with Gasteiger partial charge in [0.1, 0.15) is 19.3 Å². The molecule has 37 heavy (non-hydrogen) atoms. The third kappa shape index (κ3) is 28.8. The van der Waals surface area contributed by atoms with Crippen LogP contribution < -0.4 is 0 Å². The molecule has 0 aromatic carbocycles. The smallest absolute Gasteiger partial charge is 0.379 e. The largest absolute Gasteiger partial charge is 0.472 e. The Morgan fingerprint density at radius 1 is 0.649 bits per heavy atom. The van der Waals surface area contributed by atoms with Gasteiger partial charge in [0.25, 0.3) is 0 Å². The van der Waals surface area contributed by atoms with Crippen molar-refractivity contribution in [2.75, 3.05) is 54.1 Å². The minimum absolute atomic E-state index is 0.0916. The van der Waals surface area contributed by atoms with Crippen LogP contribution in [0.4, 0.5) is 0 Å². The van der Waals surface area contributed by atoms with Gasteiger partial charge in [-0.15, -0.1) is 0 Å². The summed E-state index contributed by atoms with van der Waals surface area (Å²) in [6, 6.07) is 0. The van der Waals surface area contributed by atoms with Crippen LogP contribution in [0.5, 0.6) is 0 Å². The van der Waals surface area contributed by atoms with Crippen molar-refractivity contribution in [3.63, 3.8) is 0 Å². The van der Waals surface area contributed by atoms with E-state index in [2.05, 4.69) is 11.8 Å². The zero-order chi connectivity index (χ0) is 27.7. The second-order valence-electron chi connectivity index (χ2n) is 11.4. The monoisotopic (exact) mass is 554 g/mol. The minimum atomic E-state index is -4.18. The van der Waals surface area contributed by atoms with E-state index in [0.29, 0.717) is 17.6 Å². The van der Waals surface area contributed by atoms with E-state index in [1.54, 1.807) is 0 Å². The van der Waals surface area contributed by atoms with Gasteiger partial charge in [-0.1, -0.05) is 116 Å². The Morgan fingerprint density at radius 2 is 1.08 bits per heavy atom. The molecular formula is C28H61NO7P+. The molecule has 8 nitrogen and oxygen atoms in total. The molecule has 0 aromatic heterocycles. The van der Waals surface area contributed by atoms with Crippen molar-refractivity contribution in [3.05, 3.63) is 0 Å². The van der Waals surface area contributed by atoms with E-state index in [0.717, 1.165) is 12.8 Å². The van der Waals surface area contributed by atoms with E-state index in [1.165, 1.54) is 103 Å². The molecule has 0 bridgehead atoms. The maximum atomic E-state index is 11.9. The highest BCUT2D eigenvalue weighted by Gasteiger charge is 2.25. The number of hydrogen-bond donors (Lipinski definition) is 2. The number of likely N-dealkylation sites (N-methyl/N-ethyl adjacent to an activating group) is 1. The Balaban J connectivity index is 3.44. The highest BCUT2D eigenvalue weighted by atomic mass is 31.2. The average molecular weight is 555 g/mol. The van der Waals surface area contributed by atoms with Crippen LogP contribution in [0, 0.1) is 0 Å². The lowest BCUT2D eigenvalue weighted by Crippen LogP contribution is -2.37. The van der Waals surface area contributed by atoms with Crippen molar-refractivity contribution < 1.29 is 37.9 Å². The molecule has 0 aromatic rings. The van der Waals surface area contributed by atoms with Crippen LogP contribution in [0.25, 0.3) is 0 Å². The van der Waals surface area contributed by atoms with E-state index >= 15 is 0 Å². The summed E-state index contributed by atoms with van der Waals surface area (Å²) >= 11 is 0. The highest BCUT2D eigenvalue weighted by molar-refractivity contribution is 7.47. The van der Waals surface area contributed by atoms with Gasteiger partial charge in [-0.3, -0.25) is 14.3 Å². The van der Waals surface area contributed by atoms with E-state index in [9.17, 15) is 9.46 Å². The summed E-state index contributed by atoms with van der Waals surface area (Å²) in [5.74, 6) is 0. The molecule has 0 saturated heterocycles. The number of nitrogens with zero attached hydrogens (tertiary/aromatic N) is 1. The molecule has 0 amide bonds. The van der Waals surface area contributed by atoms with Crippen molar-refractivity contribution in [1.29, 1.82) is 0 Å². The summed E-state index contributed by atoms with van der Waals surface area (Å²) in [5.41, 5.74) is 0. The Labute approximate surface area is 228 Å². The van der Waals surface area contributed by atoms with Gasteiger partial charge in [0.15, 0.2) is 0 Å². The Kier molecular flexibility index (Phi) is 24.9. The first-order chi connectivity index (χ1) is 17.7. The number of hydrogen-bond acceptors (Lipinski definition) is 6. The van der Waals surface area contributed by atoms with Gasteiger partial charge >= 0.3 is 7.82 Å². The molecule has 9 heteroatoms. The summed E-state index contributed by atoms with van der Waals surface area (Å²) in [5, 5.41) is 8.99. The van der Waals surface area contributed by atoms with Gasteiger partial charge in [-0.2, -0.15) is 0 Å². The molecular weight excluding hydrogens is 493 g/mol. The molecule has 0 spiro atoms. The van der Waals surface area contributed by atoms with Crippen LogP contribution in [0.1, 0.15) is 122 Å². The maximum Gasteiger partial charge on any atom is 0.472 e. The van der Waals surface area contributed by atoms with Crippen LogP contribution in [0.3, 0.4) is 0 Å². The van der Waals surface area contributed by atoms with Crippen LogP contribution in [-0.4, -0.2) is 74.9 Å². The van der Waals surface area contributed by atoms with Crippen LogP contribution >= 0.6 is 7.82 Å². The number of ether oxygens (including phenoxy) is 1. The molecule has 2 unspecified atom stereocenters. The van der Waals surface area contributed by atoms with Crippen LogP contribution in [0.2, 0.25) is 0 Å². The lowest BCUT2D eigenvalue weighted by molar-refractivity contribution is -0.870. The van der Waals surface area contributed by atoms with Gasteiger partial charge in [0, 0.05) is 6.61 Å². The van der Waals surface area contributed by atoms with Crippen molar-refractivity contribution in [1.82, 2.24) is 0 Å². The Morgan fingerprint density at radius 3 is 1.49 bits per heavy atom. The number of rotatable bonds is 29. The fraction of sp³-hybridized carbons (Fsp3) is 1.00. The fourth-order valence-electron chi connectivity index (χ4n) is 4.07. The fourth-order valence-corrected chi connectivity index (χ4v) is 4.82. The van der Waals surface area contributed by atoms with Crippen molar-refractivity contribution in [2.45, 2.75) is 129 Å². The number of unbranched alkanes of at least 4 members (excludes halogenated alkanes) is 17. The summed E-state index contributed by atoms with van der Waals surface area (Å²) in [6.45, 7) is 3.31. The lowest BCUT2D eigenvalue weighted by Gasteiger charge is -2.24. The summed E-state index contributed by atoms with van der Waals surface area (Å²) in [7, 11) is 1.69. The van der Waals surface area contributed by atoms with Gasteiger partial charge < -0.3 is 14.1 Å². The maximum absolute atomic E-state index is 11.9. The molecule has 2 N–H and O–H groups in total. The number of phosphoric acid groups is 1.